The van der Waals surface area contributed by atoms with Crippen LogP contribution < -0.4 is 5.32 Å². The quantitative estimate of drug-likeness (QED) is 0.762. The summed E-state index contributed by atoms with van der Waals surface area (Å²) in [6.07, 6.45) is 1.18. The molecule has 6 nitrogen and oxygen atoms in total. The SMILES string of the molecule is CNC(=O)C(CCC=O)N(C=O)C(=O)c1cc(C)ccc1C. The lowest BCUT2D eigenvalue weighted by atomic mass is 10.0. The lowest BCUT2D eigenvalue weighted by molar-refractivity contribution is -0.131. The molecule has 22 heavy (non-hydrogen) atoms. The van der Waals surface area contributed by atoms with Crippen molar-refractivity contribution in [2.45, 2.75) is 32.7 Å². The molecule has 6 heteroatoms. The number of carbonyl (C=O) groups excluding carboxylic acids is 4. The number of hydrogen-bond acceptors (Lipinski definition) is 4. The summed E-state index contributed by atoms with van der Waals surface area (Å²) >= 11 is 0. The molecular formula is C16H20N2O4. The van der Waals surface area contributed by atoms with Crippen molar-refractivity contribution in [1.29, 1.82) is 0 Å². The smallest absolute Gasteiger partial charge is 0.261 e. The number of imide groups is 1. The maximum atomic E-state index is 12.6. The maximum Gasteiger partial charge on any atom is 0.261 e. The van der Waals surface area contributed by atoms with Crippen molar-refractivity contribution in [2.24, 2.45) is 0 Å². The van der Waals surface area contributed by atoms with Crippen LogP contribution in [0.5, 0.6) is 0 Å². The van der Waals surface area contributed by atoms with Crippen molar-refractivity contribution in [1.82, 2.24) is 10.2 Å². The molecule has 1 atom stereocenters. The number of benzene rings is 1. The minimum Gasteiger partial charge on any atom is -0.357 e. The fraction of sp³-hybridized carbons (Fsp3) is 0.375. The van der Waals surface area contributed by atoms with E-state index in [0.717, 1.165) is 10.5 Å². The van der Waals surface area contributed by atoms with Gasteiger partial charge in [0.2, 0.25) is 12.3 Å². The zero-order valence-corrected chi connectivity index (χ0v) is 13.0. The van der Waals surface area contributed by atoms with E-state index in [-0.39, 0.29) is 12.8 Å². The highest BCUT2D eigenvalue weighted by atomic mass is 16.2. The number of aryl methyl sites for hydroxylation is 2. The van der Waals surface area contributed by atoms with Gasteiger partial charge in [0.25, 0.3) is 5.91 Å². The Labute approximate surface area is 129 Å². The van der Waals surface area contributed by atoms with Crippen molar-refractivity contribution in [3.05, 3.63) is 34.9 Å². The summed E-state index contributed by atoms with van der Waals surface area (Å²) in [4.78, 5) is 47.3. The fourth-order valence-electron chi connectivity index (χ4n) is 2.16. The third kappa shape index (κ3) is 4.00. The maximum absolute atomic E-state index is 12.6. The second kappa shape index (κ2) is 8.07. The van der Waals surface area contributed by atoms with Crippen molar-refractivity contribution < 1.29 is 19.2 Å². The Hall–Kier alpha value is -2.50. The van der Waals surface area contributed by atoms with Crippen LogP contribution in [0.1, 0.15) is 34.3 Å². The van der Waals surface area contributed by atoms with Crippen molar-refractivity contribution in [3.63, 3.8) is 0 Å². The zero-order chi connectivity index (χ0) is 16.7. The summed E-state index contributed by atoms with van der Waals surface area (Å²) < 4.78 is 0. The molecule has 0 saturated carbocycles. The van der Waals surface area contributed by atoms with Crippen LogP contribution >= 0.6 is 0 Å². The highest BCUT2D eigenvalue weighted by Gasteiger charge is 2.30. The highest BCUT2D eigenvalue weighted by molar-refractivity contribution is 6.04. The van der Waals surface area contributed by atoms with Gasteiger partial charge in [0.1, 0.15) is 12.3 Å². The minimum absolute atomic E-state index is 0.0858. The van der Waals surface area contributed by atoms with Crippen molar-refractivity contribution >= 4 is 24.5 Å². The van der Waals surface area contributed by atoms with E-state index in [4.69, 9.17) is 0 Å². The highest BCUT2D eigenvalue weighted by Crippen LogP contribution is 2.16. The van der Waals surface area contributed by atoms with Crippen molar-refractivity contribution in [3.8, 4) is 0 Å². The molecule has 0 spiro atoms. The first-order valence-corrected chi connectivity index (χ1v) is 6.96. The van der Waals surface area contributed by atoms with Gasteiger partial charge in [-0.15, -0.1) is 0 Å². The molecule has 118 valence electrons. The van der Waals surface area contributed by atoms with Crippen LogP contribution in [0.2, 0.25) is 0 Å². The van der Waals surface area contributed by atoms with Gasteiger partial charge in [-0.25, -0.2) is 0 Å². The van der Waals surface area contributed by atoms with Gasteiger partial charge in [-0.2, -0.15) is 0 Å². The summed E-state index contributed by atoms with van der Waals surface area (Å²) in [5.74, 6) is -1.02. The molecule has 0 radical (unpaired) electrons. The molecule has 3 amide bonds. The molecule has 1 aromatic rings. The van der Waals surface area contributed by atoms with E-state index in [1.54, 1.807) is 19.1 Å². The van der Waals surface area contributed by atoms with Crippen molar-refractivity contribution in [2.75, 3.05) is 7.05 Å². The van der Waals surface area contributed by atoms with Gasteiger partial charge in [-0.3, -0.25) is 19.3 Å². The molecule has 1 N–H and O–H groups in total. The van der Waals surface area contributed by atoms with Gasteiger partial charge < -0.3 is 10.1 Å². The molecule has 0 aromatic heterocycles. The molecule has 0 heterocycles. The van der Waals surface area contributed by atoms with Gasteiger partial charge >= 0.3 is 0 Å². The normalized spacial score (nSPS) is 11.4. The van der Waals surface area contributed by atoms with Crippen LogP contribution in [0, 0.1) is 13.8 Å². The first-order valence-electron chi connectivity index (χ1n) is 6.96. The fourth-order valence-corrected chi connectivity index (χ4v) is 2.16. The second-order valence-electron chi connectivity index (χ2n) is 5.01. The summed E-state index contributed by atoms with van der Waals surface area (Å²) in [5.41, 5.74) is 1.96. The van der Waals surface area contributed by atoms with Crippen LogP contribution in [-0.2, 0) is 14.4 Å². The van der Waals surface area contributed by atoms with Gasteiger partial charge in [-0.05, 0) is 31.9 Å². The van der Waals surface area contributed by atoms with E-state index < -0.39 is 17.9 Å². The Kier molecular flexibility index (Phi) is 6.44. The van der Waals surface area contributed by atoms with Crippen LogP contribution in [0.3, 0.4) is 0 Å². The van der Waals surface area contributed by atoms with Gasteiger partial charge in [-0.1, -0.05) is 17.7 Å². The zero-order valence-electron chi connectivity index (χ0n) is 13.0. The number of likely N-dealkylation sites (N-methyl/N-ethyl adjacent to an activating group) is 1. The molecule has 0 aliphatic rings. The van der Waals surface area contributed by atoms with Crippen LogP contribution in [-0.4, -0.2) is 42.5 Å². The Balaban J connectivity index is 3.17. The Morgan fingerprint density at radius 2 is 1.95 bits per heavy atom. The number of aldehydes is 1. The standard InChI is InChI=1S/C16H20N2O4/c1-11-6-7-12(2)13(9-11)16(22)18(10-20)14(5-4-8-19)15(21)17-3/h6-10,14H,4-5H2,1-3H3,(H,17,21). The summed E-state index contributed by atoms with van der Waals surface area (Å²) in [6.45, 7) is 3.60. The van der Waals surface area contributed by atoms with E-state index in [2.05, 4.69) is 5.32 Å². The molecule has 1 rings (SSSR count). The third-order valence-electron chi connectivity index (χ3n) is 3.41. The number of carbonyl (C=O) groups is 4. The van der Waals surface area contributed by atoms with E-state index >= 15 is 0 Å². The first-order chi connectivity index (χ1) is 10.5. The van der Waals surface area contributed by atoms with Gasteiger partial charge in [0.15, 0.2) is 0 Å². The van der Waals surface area contributed by atoms with E-state index in [9.17, 15) is 19.2 Å². The average molecular weight is 304 g/mol. The topological polar surface area (TPSA) is 83.6 Å². The minimum atomic E-state index is -1.000. The lowest BCUT2D eigenvalue weighted by Crippen LogP contribution is -2.48. The van der Waals surface area contributed by atoms with Crippen LogP contribution in [0.25, 0.3) is 0 Å². The summed E-state index contributed by atoms with van der Waals surface area (Å²) in [6, 6.07) is 4.32. The molecule has 0 fully saturated rings. The molecule has 0 aliphatic carbocycles. The number of rotatable bonds is 7. The molecule has 1 unspecified atom stereocenters. The van der Waals surface area contributed by atoms with Crippen LogP contribution in [0.15, 0.2) is 18.2 Å². The third-order valence-corrected chi connectivity index (χ3v) is 3.41. The second-order valence-corrected chi connectivity index (χ2v) is 5.01. The van der Waals surface area contributed by atoms with E-state index in [1.807, 2.05) is 13.0 Å². The molecule has 0 aliphatic heterocycles. The predicted octanol–water partition coefficient (Wildman–Crippen LogP) is 0.996. The van der Waals surface area contributed by atoms with Crippen LogP contribution in [0.4, 0.5) is 0 Å². The van der Waals surface area contributed by atoms with Gasteiger partial charge in [0, 0.05) is 19.0 Å². The number of nitrogens with zero attached hydrogens (tertiary/aromatic N) is 1. The predicted molar refractivity (Wildman–Crippen MR) is 81.3 cm³/mol. The lowest BCUT2D eigenvalue weighted by Gasteiger charge is -2.25. The Bertz CT molecular complexity index is 584. The first kappa shape index (κ1) is 17.6. The number of nitrogens with one attached hydrogen (secondary N) is 1. The molecule has 1 aromatic carbocycles. The number of amides is 3. The largest absolute Gasteiger partial charge is 0.357 e. The average Bonchev–Trinajstić information content (AvgIpc) is 2.52. The molecular weight excluding hydrogens is 284 g/mol. The van der Waals surface area contributed by atoms with Gasteiger partial charge in [0.05, 0.1) is 0 Å². The number of hydrogen-bond donors (Lipinski definition) is 1. The molecule has 0 bridgehead atoms. The van der Waals surface area contributed by atoms with E-state index in [0.29, 0.717) is 23.8 Å². The Morgan fingerprint density at radius 3 is 2.50 bits per heavy atom. The summed E-state index contributed by atoms with van der Waals surface area (Å²) in [5, 5.41) is 2.41. The monoisotopic (exact) mass is 304 g/mol. The summed E-state index contributed by atoms with van der Waals surface area (Å²) in [7, 11) is 1.42. The Morgan fingerprint density at radius 1 is 1.27 bits per heavy atom. The van der Waals surface area contributed by atoms with E-state index in [1.165, 1.54) is 7.05 Å². The molecule has 0 saturated heterocycles.